The molecule has 1 aliphatic heterocycles. The van der Waals surface area contributed by atoms with Gasteiger partial charge >= 0.3 is 6.09 Å². The Bertz CT molecular complexity index is 460. The number of aliphatic hydroxyl groups is 1. The number of rotatable bonds is 6. The molecule has 7 nitrogen and oxygen atoms in total. The smallest absolute Gasteiger partial charge is 0.411 e. The van der Waals surface area contributed by atoms with E-state index in [1.165, 1.54) is 7.11 Å². The monoisotopic (exact) mass is 310 g/mol. The number of carbonyl (C=O) groups excluding carboxylic acids is 1. The zero-order valence-electron chi connectivity index (χ0n) is 12.7. The Hall–Kier alpha value is -1.83. The summed E-state index contributed by atoms with van der Waals surface area (Å²) in [4.78, 5) is 13.2. The van der Waals surface area contributed by atoms with Crippen LogP contribution in [0.5, 0.6) is 5.75 Å². The lowest BCUT2D eigenvalue weighted by Crippen LogP contribution is -2.42. The van der Waals surface area contributed by atoms with E-state index < -0.39 is 12.2 Å². The second kappa shape index (κ2) is 8.57. The van der Waals surface area contributed by atoms with E-state index in [4.69, 9.17) is 9.47 Å². The maximum Gasteiger partial charge on any atom is 0.411 e. The number of nitrogens with one attached hydrogen (secondary N) is 1. The van der Waals surface area contributed by atoms with E-state index in [0.29, 0.717) is 31.2 Å². The number of amides is 1. The van der Waals surface area contributed by atoms with Gasteiger partial charge in [-0.15, -0.1) is 0 Å². The number of hydrogen-bond donors (Lipinski definition) is 2. The normalized spacial score (nSPS) is 16.8. The molecule has 1 heterocycles. The lowest BCUT2D eigenvalue weighted by Gasteiger charge is -2.28. The second-order valence-corrected chi connectivity index (χ2v) is 5.02. The molecule has 2 rings (SSSR count). The fraction of sp³-hybridized carbons (Fsp3) is 0.533. The van der Waals surface area contributed by atoms with Crippen molar-refractivity contribution in [2.45, 2.75) is 6.10 Å². The van der Waals surface area contributed by atoms with Gasteiger partial charge in [0, 0.05) is 25.3 Å². The lowest BCUT2D eigenvalue weighted by atomic mass is 10.3. The van der Waals surface area contributed by atoms with Crippen molar-refractivity contribution in [1.29, 1.82) is 0 Å². The van der Waals surface area contributed by atoms with Gasteiger partial charge < -0.3 is 19.3 Å². The number of β-amino-alcohol motifs (C(OH)–C–C–N with tert-alkyl or cyclic N) is 1. The average Bonchev–Trinajstić information content (AvgIpc) is 2.55. The topological polar surface area (TPSA) is 80.3 Å². The van der Waals surface area contributed by atoms with E-state index in [1.54, 1.807) is 24.3 Å². The number of ether oxygens (including phenoxy) is 3. The Morgan fingerprint density at radius 2 is 2.05 bits per heavy atom. The number of anilines is 1. The van der Waals surface area contributed by atoms with E-state index in [1.807, 2.05) is 0 Å². The van der Waals surface area contributed by atoms with Crippen molar-refractivity contribution < 1.29 is 24.1 Å². The molecule has 122 valence electrons. The van der Waals surface area contributed by atoms with Crippen LogP contribution < -0.4 is 10.1 Å². The Kier molecular flexibility index (Phi) is 6.45. The number of aliphatic hydroxyl groups excluding tert-OH is 1. The van der Waals surface area contributed by atoms with Crippen LogP contribution in [0.25, 0.3) is 0 Å². The molecule has 1 saturated heterocycles. The van der Waals surface area contributed by atoms with E-state index in [-0.39, 0.29) is 6.61 Å². The van der Waals surface area contributed by atoms with E-state index in [0.717, 1.165) is 13.1 Å². The van der Waals surface area contributed by atoms with Crippen LogP contribution in [0, 0.1) is 0 Å². The van der Waals surface area contributed by atoms with Crippen LogP contribution in [-0.4, -0.2) is 68.8 Å². The first-order chi connectivity index (χ1) is 10.7. The standard InChI is InChI=1S/C15H22N2O5/c1-20-15(19)16-12-2-4-14(5-3-12)22-11-13(18)10-17-6-8-21-9-7-17/h2-5,13,18H,6-11H2,1H3,(H,16,19). The molecule has 1 amide bonds. The molecule has 1 aliphatic rings. The number of benzene rings is 1. The molecule has 0 aliphatic carbocycles. The number of nitrogens with zero attached hydrogens (tertiary/aromatic N) is 1. The van der Waals surface area contributed by atoms with Gasteiger partial charge in [0.2, 0.25) is 0 Å². The molecule has 0 saturated carbocycles. The predicted molar refractivity (Wildman–Crippen MR) is 81.2 cm³/mol. The third kappa shape index (κ3) is 5.51. The van der Waals surface area contributed by atoms with Crippen LogP contribution in [-0.2, 0) is 9.47 Å². The SMILES string of the molecule is COC(=O)Nc1ccc(OCC(O)CN2CCOCC2)cc1. The van der Waals surface area contributed by atoms with E-state index in [9.17, 15) is 9.90 Å². The number of methoxy groups -OCH3 is 1. The highest BCUT2D eigenvalue weighted by atomic mass is 16.5. The van der Waals surface area contributed by atoms with Crippen molar-refractivity contribution in [2.75, 3.05) is 51.9 Å². The summed E-state index contributed by atoms with van der Waals surface area (Å²) in [6.45, 7) is 3.90. The summed E-state index contributed by atoms with van der Waals surface area (Å²) in [6.07, 6.45) is -1.07. The molecule has 2 N–H and O–H groups in total. The highest BCUT2D eigenvalue weighted by molar-refractivity contribution is 5.84. The van der Waals surface area contributed by atoms with Gasteiger partial charge in [-0.05, 0) is 24.3 Å². The van der Waals surface area contributed by atoms with Crippen LogP contribution in [0.15, 0.2) is 24.3 Å². The molecule has 7 heteroatoms. The minimum atomic E-state index is -0.550. The number of hydrogen-bond acceptors (Lipinski definition) is 6. The molecule has 0 bridgehead atoms. The minimum absolute atomic E-state index is 0.223. The molecule has 1 aromatic rings. The molecular formula is C15H22N2O5. The van der Waals surface area contributed by atoms with Gasteiger partial charge in [0.1, 0.15) is 18.5 Å². The summed E-state index contributed by atoms with van der Waals surface area (Å²) in [6, 6.07) is 6.88. The zero-order valence-corrected chi connectivity index (χ0v) is 12.7. The van der Waals surface area contributed by atoms with Crippen molar-refractivity contribution in [3.63, 3.8) is 0 Å². The van der Waals surface area contributed by atoms with Gasteiger partial charge in [0.05, 0.1) is 20.3 Å². The van der Waals surface area contributed by atoms with Gasteiger partial charge in [-0.1, -0.05) is 0 Å². The second-order valence-electron chi connectivity index (χ2n) is 5.02. The molecule has 0 aromatic heterocycles. The quantitative estimate of drug-likeness (QED) is 0.814. The Labute approximate surface area is 129 Å². The molecule has 1 aromatic carbocycles. The van der Waals surface area contributed by atoms with Gasteiger partial charge in [0.15, 0.2) is 0 Å². The average molecular weight is 310 g/mol. The van der Waals surface area contributed by atoms with E-state index >= 15 is 0 Å². The number of carbonyl (C=O) groups is 1. The van der Waals surface area contributed by atoms with Crippen molar-refractivity contribution in [1.82, 2.24) is 4.90 Å². The fourth-order valence-electron chi connectivity index (χ4n) is 2.13. The predicted octanol–water partition coefficient (Wildman–Crippen LogP) is 0.937. The Morgan fingerprint density at radius 1 is 1.36 bits per heavy atom. The van der Waals surface area contributed by atoms with Crippen LogP contribution in [0.3, 0.4) is 0 Å². The molecule has 0 spiro atoms. The summed E-state index contributed by atoms with van der Waals surface area (Å²) in [5.74, 6) is 0.636. The molecule has 1 fully saturated rings. The Morgan fingerprint density at radius 3 is 2.68 bits per heavy atom. The van der Waals surface area contributed by atoms with Gasteiger partial charge in [0.25, 0.3) is 0 Å². The lowest BCUT2D eigenvalue weighted by molar-refractivity contribution is 0.00466. The van der Waals surface area contributed by atoms with Gasteiger partial charge in [-0.2, -0.15) is 0 Å². The highest BCUT2D eigenvalue weighted by Crippen LogP contribution is 2.16. The van der Waals surface area contributed by atoms with Crippen LogP contribution in [0.4, 0.5) is 10.5 Å². The summed E-state index contributed by atoms with van der Waals surface area (Å²) in [5.41, 5.74) is 0.619. The highest BCUT2D eigenvalue weighted by Gasteiger charge is 2.15. The van der Waals surface area contributed by atoms with Crippen molar-refractivity contribution in [3.05, 3.63) is 24.3 Å². The van der Waals surface area contributed by atoms with Crippen LogP contribution in [0.1, 0.15) is 0 Å². The largest absolute Gasteiger partial charge is 0.491 e. The maximum atomic E-state index is 11.1. The van der Waals surface area contributed by atoms with Crippen LogP contribution in [0.2, 0.25) is 0 Å². The minimum Gasteiger partial charge on any atom is -0.491 e. The first-order valence-electron chi connectivity index (χ1n) is 7.23. The molecule has 1 unspecified atom stereocenters. The third-order valence-electron chi connectivity index (χ3n) is 3.30. The maximum absolute atomic E-state index is 11.1. The summed E-state index contributed by atoms with van der Waals surface area (Å²) >= 11 is 0. The summed E-state index contributed by atoms with van der Waals surface area (Å²) in [5, 5.41) is 12.5. The van der Waals surface area contributed by atoms with Gasteiger partial charge in [-0.3, -0.25) is 10.2 Å². The van der Waals surface area contributed by atoms with Crippen LogP contribution >= 0.6 is 0 Å². The summed E-state index contributed by atoms with van der Waals surface area (Å²) < 4.78 is 15.3. The number of morpholine rings is 1. The third-order valence-corrected chi connectivity index (χ3v) is 3.30. The van der Waals surface area contributed by atoms with Crippen molar-refractivity contribution >= 4 is 11.8 Å². The van der Waals surface area contributed by atoms with Crippen molar-refractivity contribution in [2.24, 2.45) is 0 Å². The summed E-state index contributed by atoms with van der Waals surface area (Å²) in [7, 11) is 1.31. The molecule has 1 atom stereocenters. The fourth-order valence-corrected chi connectivity index (χ4v) is 2.13. The molecular weight excluding hydrogens is 288 g/mol. The van der Waals surface area contributed by atoms with Crippen molar-refractivity contribution in [3.8, 4) is 5.75 Å². The van der Waals surface area contributed by atoms with Gasteiger partial charge in [-0.25, -0.2) is 4.79 Å². The molecule has 22 heavy (non-hydrogen) atoms. The zero-order chi connectivity index (χ0) is 15.8. The molecule has 0 radical (unpaired) electrons. The Balaban J connectivity index is 1.72. The van der Waals surface area contributed by atoms with E-state index in [2.05, 4.69) is 15.0 Å². The first kappa shape index (κ1) is 16.5. The first-order valence-corrected chi connectivity index (χ1v) is 7.23.